The Kier molecular flexibility index (Phi) is 8.77. The number of urea groups is 1. The topological polar surface area (TPSA) is 145 Å². The van der Waals surface area contributed by atoms with Crippen molar-refractivity contribution in [2.24, 2.45) is 0 Å². The standard InChI is InChI=1S/C33H35N7O5S/c1-3-15-38(33(44)35-17-22-9-13-25(45-2)14-10-22)39-20-29(42)40-26(16-21-7-11-24(41)12-8-21)31(43)37(19-28(39)40)18-23-5-4-6-27-30(23)36-32(34)46-27/h3-14,26,28,41H,1,15-20H2,2H3,(H2,34,36)(H,35,44)/t26-,28+/m0/s1. The lowest BCUT2D eigenvalue weighted by Crippen LogP contribution is -2.66. The lowest BCUT2D eigenvalue weighted by molar-refractivity contribution is -0.157. The molecule has 46 heavy (non-hydrogen) atoms. The Morgan fingerprint density at radius 3 is 2.61 bits per heavy atom. The second-order valence-electron chi connectivity index (χ2n) is 11.2. The number of nitrogens with two attached hydrogens (primary N) is 1. The summed E-state index contributed by atoms with van der Waals surface area (Å²) in [5, 5.41) is 16.4. The van der Waals surface area contributed by atoms with Crippen molar-refractivity contribution in [1.82, 2.24) is 30.1 Å². The Labute approximate surface area is 270 Å². The van der Waals surface area contributed by atoms with Crippen molar-refractivity contribution in [2.75, 3.05) is 32.5 Å². The molecule has 4 aromatic rings. The molecule has 0 saturated carbocycles. The van der Waals surface area contributed by atoms with E-state index in [1.807, 2.05) is 42.5 Å². The van der Waals surface area contributed by atoms with Gasteiger partial charge in [-0.3, -0.25) is 14.6 Å². The molecule has 3 heterocycles. The number of hydrazine groups is 1. The number of benzene rings is 3. The van der Waals surface area contributed by atoms with E-state index in [0.29, 0.717) is 10.9 Å². The number of amides is 4. The second kappa shape index (κ2) is 13.1. The Bertz CT molecular complexity index is 1760. The number of hydrogen-bond donors (Lipinski definition) is 3. The van der Waals surface area contributed by atoms with Crippen molar-refractivity contribution in [3.8, 4) is 11.5 Å². The van der Waals surface area contributed by atoms with Gasteiger partial charge >= 0.3 is 6.03 Å². The summed E-state index contributed by atoms with van der Waals surface area (Å²) in [7, 11) is 1.59. The summed E-state index contributed by atoms with van der Waals surface area (Å²) in [5.41, 5.74) is 9.26. The molecular weight excluding hydrogens is 606 g/mol. The van der Waals surface area contributed by atoms with Crippen LogP contribution in [-0.2, 0) is 29.1 Å². The zero-order valence-electron chi connectivity index (χ0n) is 25.3. The Balaban J connectivity index is 1.30. The van der Waals surface area contributed by atoms with E-state index in [1.54, 1.807) is 52.3 Å². The van der Waals surface area contributed by atoms with E-state index in [0.717, 1.165) is 26.9 Å². The first-order valence-corrected chi connectivity index (χ1v) is 15.6. The first kappa shape index (κ1) is 30.9. The van der Waals surface area contributed by atoms with Crippen LogP contribution < -0.4 is 15.8 Å². The van der Waals surface area contributed by atoms with Crippen LogP contribution in [0.4, 0.5) is 9.93 Å². The molecule has 2 atom stereocenters. The number of anilines is 1. The molecule has 2 aliphatic heterocycles. The molecule has 2 fully saturated rings. The number of carbonyl (C=O) groups excluding carboxylic acids is 3. The number of rotatable bonds is 10. The van der Waals surface area contributed by atoms with Crippen LogP contribution in [0.15, 0.2) is 79.4 Å². The predicted octanol–water partition coefficient (Wildman–Crippen LogP) is 3.33. The van der Waals surface area contributed by atoms with Gasteiger partial charge in [0.25, 0.3) is 0 Å². The summed E-state index contributed by atoms with van der Waals surface area (Å²) in [6.07, 6.45) is 1.23. The van der Waals surface area contributed by atoms with Crippen molar-refractivity contribution < 1.29 is 24.2 Å². The van der Waals surface area contributed by atoms with Gasteiger partial charge in [0, 0.05) is 19.5 Å². The van der Waals surface area contributed by atoms with E-state index in [4.69, 9.17) is 10.5 Å². The Hall–Kier alpha value is -5.14. The van der Waals surface area contributed by atoms with E-state index < -0.39 is 18.2 Å². The van der Waals surface area contributed by atoms with Crippen molar-refractivity contribution in [3.05, 3.63) is 96.1 Å². The van der Waals surface area contributed by atoms with Crippen LogP contribution in [-0.4, -0.2) is 86.7 Å². The molecule has 238 valence electrons. The van der Waals surface area contributed by atoms with E-state index >= 15 is 0 Å². The molecular formula is C33H35N7O5S. The number of carbonyl (C=O) groups is 3. The average molecular weight is 642 g/mol. The zero-order chi connectivity index (χ0) is 32.4. The van der Waals surface area contributed by atoms with E-state index in [1.165, 1.54) is 16.3 Å². The van der Waals surface area contributed by atoms with Gasteiger partial charge in [-0.25, -0.2) is 9.78 Å². The summed E-state index contributed by atoms with van der Waals surface area (Å²) in [6.45, 7) is 4.60. The molecule has 4 N–H and O–H groups in total. The number of hydrogen-bond acceptors (Lipinski definition) is 9. The fourth-order valence-corrected chi connectivity index (χ4v) is 6.82. The number of phenolic OH excluding ortho intramolecular Hbond substituents is 1. The summed E-state index contributed by atoms with van der Waals surface area (Å²) in [4.78, 5) is 49.3. The third kappa shape index (κ3) is 6.19. The van der Waals surface area contributed by atoms with E-state index in [2.05, 4.69) is 16.9 Å². The molecule has 2 saturated heterocycles. The van der Waals surface area contributed by atoms with Crippen molar-refractivity contribution in [3.63, 3.8) is 0 Å². The minimum absolute atomic E-state index is 0.0835. The van der Waals surface area contributed by atoms with Gasteiger partial charge in [0.15, 0.2) is 5.13 Å². The summed E-state index contributed by atoms with van der Waals surface area (Å²) in [6, 6.07) is 18.5. The molecule has 4 amide bonds. The number of nitrogens with one attached hydrogen (secondary N) is 1. The fraction of sp³-hybridized carbons (Fsp3) is 0.273. The summed E-state index contributed by atoms with van der Waals surface area (Å²) < 4.78 is 6.14. The Morgan fingerprint density at radius 1 is 1.15 bits per heavy atom. The van der Waals surface area contributed by atoms with Crippen LogP contribution >= 0.6 is 11.3 Å². The van der Waals surface area contributed by atoms with Crippen LogP contribution in [0.5, 0.6) is 11.5 Å². The zero-order valence-corrected chi connectivity index (χ0v) is 26.2. The van der Waals surface area contributed by atoms with E-state index in [9.17, 15) is 19.5 Å². The average Bonchev–Trinajstić information content (AvgIpc) is 3.60. The normalized spacial score (nSPS) is 18.1. The molecule has 0 unspecified atom stereocenters. The maximum Gasteiger partial charge on any atom is 0.332 e. The van der Waals surface area contributed by atoms with E-state index in [-0.39, 0.29) is 56.7 Å². The second-order valence-corrected chi connectivity index (χ2v) is 12.2. The van der Waals surface area contributed by atoms with Crippen LogP contribution in [0.1, 0.15) is 16.7 Å². The molecule has 0 aliphatic carbocycles. The van der Waals surface area contributed by atoms with Crippen LogP contribution in [0.25, 0.3) is 10.2 Å². The van der Waals surface area contributed by atoms with Crippen LogP contribution in [0.3, 0.4) is 0 Å². The SMILES string of the molecule is C=CCN(C(=O)NCc1ccc(OC)cc1)N1CC(=O)N2[C@@H](Cc3ccc(O)cc3)C(=O)N(Cc3cccc4sc(N)nc34)C[C@@H]21. The van der Waals surface area contributed by atoms with Gasteiger partial charge < -0.3 is 30.7 Å². The van der Waals surface area contributed by atoms with Gasteiger partial charge in [0.1, 0.15) is 23.7 Å². The first-order valence-electron chi connectivity index (χ1n) is 14.8. The van der Waals surface area contributed by atoms with Gasteiger partial charge in [-0.05, 0) is 47.0 Å². The summed E-state index contributed by atoms with van der Waals surface area (Å²) in [5.74, 6) is 0.358. The third-order valence-corrected chi connectivity index (χ3v) is 9.11. The number of para-hydroxylation sites is 1. The fourth-order valence-electron chi connectivity index (χ4n) is 6.04. The summed E-state index contributed by atoms with van der Waals surface area (Å²) >= 11 is 1.38. The quantitative estimate of drug-likeness (QED) is 0.224. The smallest absolute Gasteiger partial charge is 0.332 e. The molecule has 13 heteroatoms. The lowest BCUT2D eigenvalue weighted by atomic mass is 9.99. The number of phenols is 1. The number of fused-ring (bicyclic) bond motifs is 2. The molecule has 3 aromatic carbocycles. The highest BCUT2D eigenvalue weighted by Gasteiger charge is 2.52. The van der Waals surface area contributed by atoms with Gasteiger partial charge in [0.05, 0.1) is 37.0 Å². The highest BCUT2D eigenvalue weighted by Crippen LogP contribution is 2.32. The number of piperazine rings is 1. The molecule has 12 nitrogen and oxygen atoms in total. The highest BCUT2D eigenvalue weighted by atomic mass is 32.1. The molecule has 2 aliphatic rings. The number of ether oxygens (including phenoxy) is 1. The molecule has 6 rings (SSSR count). The predicted molar refractivity (Wildman–Crippen MR) is 175 cm³/mol. The monoisotopic (exact) mass is 641 g/mol. The highest BCUT2D eigenvalue weighted by molar-refractivity contribution is 7.22. The lowest BCUT2D eigenvalue weighted by Gasteiger charge is -2.46. The number of aromatic nitrogens is 1. The maximum atomic E-state index is 14.2. The first-order chi connectivity index (χ1) is 22.2. The number of thiazole rings is 1. The minimum atomic E-state index is -0.826. The molecule has 1 aromatic heterocycles. The minimum Gasteiger partial charge on any atom is -0.508 e. The molecule has 0 radical (unpaired) electrons. The van der Waals surface area contributed by atoms with Crippen LogP contribution in [0.2, 0.25) is 0 Å². The van der Waals surface area contributed by atoms with Crippen molar-refractivity contribution >= 4 is 44.5 Å². The molecule has 0 spiro atoms. The van der Waals surface area contributed by atoms with Gasteiger partial charge in [-0.1, -0.05) is 53.8 Å². The van der Waals surface area contributed by atoms with Gasteiger partial charge in [-0.15, -0.1) is 6.58 Å². The third-order valence-electron chi connectivity index (χ3n) is 8.26. The van der Waals surface area contributed by atoms with Crippen molar-refractivity contribution in [2.45, 2.75) is 31.7 Å². The molecule has 0 bridgehead atoms. The maximum absolute atomic E-state index is 14.2. The number of methoxy groups -OCH3 is 1. The number of aromatic hydroxyl groups is 1. The number of nitrogen functional groups attached to an aromatic ring is 1. The Morgan fingerprint density at radius 2 is 1.89 bits per heavy atom. The number of nitrogens with zero attached hydrogens (tertiary/aromatic N) is 5. The van der Waals surface area contributed by atoms with Gasteiger partial charge in [0.2, 0.25) is 11.8 Å². The van der Waals surface area contributed by atoms with Gasteiger partial charge in [-0.2, -0.15) is 5.01 Å². The van der Waals surface area contributed by atoms with Crippen molar-refractivity contribution in [1.29, 1.82) is 0 Å². The largest absolute Gasteiger partial charge is 0.508 e. The van der Waals surface area contributed by atoms with Crippen LogP contribution in [0, 0.1) is 0 Å².